The molecule has 1 heterocycles. The van der Waals surface area contributed by atoms with Crippen LogP contribution < -0.4 is 5.32 Å². The van der Waals surface area contributed by atoms with Crippen LogP contribution in [0.3, 0.4) is 0 Å². The lowest BCUT2D eigenvalue weighted by atomic mass is 10.1. The molecule has 100 valence electrons. The fourth-order valence-electron chi connectivity index (χ4n) is 1.74. The fraction of sp³-hybridized carbons (Fsp3) is 0.214. The third kappa shape index (κ3) is 3.26. The van der Waals surface area contributed by atoms with E-state index in [-0.39, 0.29) is 6.04 Å². The van der Waals surface area contributed by atoms with Gasteiger partial charge in [0.2, 0.25) is 0 Å². The first-order valence-electron chi connectivity index (χ1n) is 5.94. The lowest BCUT2D eigenvalue weighted by molar-refractivity contribution is 0.500. The van der Waals surface area contributed by atoms with E-state index in [1.54, 1.807) is 23.1 Å². The van der Waals surface area contributed by atoms with Gasteiger partial charge in [0, 0.05) is 30.5 Å². The summed E-state index contributed by atoms with van der Waals surface area (Å²) >= 11 is 0. The van der Waals surface area contributed by atoms with Crippen molar-refractivity contribution >= 4 is 6.20 Å². The number of hydrogen-bond donors (Lipinski definition) is 1. The molecule has 0 bridgehead atoms. The van der Waals surface area contributed by atoms with Gasteiger partial charge in [0.1, 0.15) is 0 Å². The number of hydrogen-bond acceptors (Lipinski definition) is 2. The molecule has 1 aromatic carbocycles. The predicted octanol–water partition coefficient (Wildman–Crippen LogP) is 3.11. The molecule has 0 saturated heterocycles. The average molecular weight is 263 g/mol. The Kier molecular flexibility index (Phi) is 4.06. The number of benzene rings is 1. The Hall–Kier alpha value is -2.01. The SMILES string of the molecule is C=Cn1cc(CNC(C)c2ccc(F)c(F)c2)cn1. The maximum Gasteiger partial charge on any atom is 0.159 e. The van der Waals surface area contributed by atoms with Crippen molar-refractivity contribution in [2.45, 2.75) is 19.5 Å². The summed E-state index contributed by atoms with van der Waals surface area (Å²) < 4.78 is 27.6. The topological polar surface area (TPSA) is 29.9 Å². The Balaban J connectivity index is 1.98. The van der Waals surface area contributed by atoms with Gasteiger partial charge >= 0.3 is 0 Å². The number of rotatable bonds is 5. The van der Waals surface area contributed by atoms with E-state index in [1.165, 1.54) is 6.07 Å². The normalized spacial score (nSPS) is 12.4. The van der Waals surface area contributed by atoms with Crippen LogP contribution in [0.2, 0.25) is 0 Å². The molecular weight excluding hydrogens is 248 g/mol. The molecule has 0 amide bonds. The van der Waals surface area contributed by atoms with E-state index in [2.05, 4.69) is 17.0 Å². The summed E-state index contributed by atoms with van der Waals surface area (Å²) in [6.07, 6.45) is 5.17. The Morgan fingerprint density at radius 2 is 2.21 bits per heavy atom. The lowest BCUT2D eigenvalue weighted by Gasteiger charge is -2.13. The van der Waals surface area contributed by atoms with Crippen molar-refractivity contribution in [3.63, 3.8) is 0 Å². The molecular formula is C14H15F2N3. The zero-order valence-corrected chi connectivity index (χ0v) is 10.6. The molecule has 0 spiro atoms. The lowest BCUT2D eigenvalue weighted by Crippen LogP contribution is -2.18. The second kappa shape index (κ2) is 5.75. The van der Waals surface area contributed by atoms with Crippen molar-refractivity contribution < 1.29 is 8.78 Å². The molecule has 1 N–H and O–H groups in total. The molecule has 1 unspecified atom stereocenters. The van der Waals surface area contributed by atoms with Crippen molar-refractivity contribution in [3.05, 3.63) is 59.9 Å². The Morgan fingerprint density at radius 3 is 2.84 bits per heavy atom. The average Bonchev–Trinajstić information content (AvgIpc) is 2.87. The minimum absolute atomic E-state index is 0.0813. The van der Waals surface area contributed by atoms with Gasteiger partial charge in [-0.15, -0.1) is 0 Å². The standard InChI is InChI=1S/C14H15F2N3/c1-3-19-9-11(8-18-19)7-17-10(2)12-4-5-13(15)14(16)6-12/h3-6,8-10,17H,1,7H2,2H3. The maximum absolute atomic E-state index is 13.1. The zero-order valence-electron chi connectivity index (χ0n) is 10.6. The summed E-state index contributed by atoms with van der Waals surface area (Å²) in [5.74, 6) is -1.66. The molecule has 1 atom stereocenters. The molecule has 0 aliphatic carbocycles. The second-order valence-corrected chi connectivity index (χ2v) is 4.29. The van der Waals surface area contributed by atoms with E-state index in [0.29, 0.717) is 12.1 Å². The van der Waals surface area contributed by atoms with Crippen molar-refractivity contribution in [1.82, 2.24) is 15.1 Å². The van der Waals surface area contributed by atoms with Crippen molar-refractivity contribution in [1.29, 1.82) is 0 Å². The third-order valence-electron chi connectivity index (χ3n) is 2.90. The van der Waals surface area contributed by atoms with Crippen LogP contribution in [-0.2, 0) is 6.54 Å². The van der Waals surface area contributed by atoms with Gasteiger partial charge in [-0.25, -0.2) is 13.5 Å². The fourth-order valence-corrected chi connectivity index (χ4v) is 1.74. The third-order valence-corrected chi connectivity index (χ3v) is 2.90. The number of nitrogens with one attached hydrogen (secondary N) is 1. The Labute approximate surface area is 110 Å². The summed E-state index contributed by atoms with van der Waals surface area (Å²) in [4.78, 5) is 0. The van der Waals surface area contributed by atoms with Crippen LogP contribution in [0, 0.1) is 11.6 Å². The van der Waals surface area contributed by atoms with Gasteiger partial charge < -0.3 is 5.32 Å². The predicted molar refractivity (Wildman–Crippen MR) is 70.2 cm³/mol. The van der Waals surface area contributed by atoms with Crippen molar-refractivity contribution in [3.8, 4) is 0 Å². The van der Waals surface area contributed by atoms with E-state index >= 15 is 0 Å². The van der Waals surface area contributed by atoms with Gasteiger partial charge in [0.25, 0.3) is 0 Å². The molecule has 0 saturated carbocycles. The van der Waals surface area contributed by atoms with Gasteiger partial charge in [-0.05, 0) is 24.6 Å². The molecule has 2 rings (SSSR count). The van der Waals surface area contributed by atoms with Crippen molar-refractivity contribution in [2.24, 2.45) is 0 Å². The highest BCUT2D eigenvalue weighted by atomic mass is 19.2. The molecule has 0 aliphatic heterocycles. The van der Waals surface area contributed by atoms with Crippen LogP contribution >= 0.6 is 0 Å². The molecule has 0 fully saturated rings. The van der Waals surface area contributed by atoms with E-state index in [4.69, 9.17) is 0 Å². The largest absolute Gasteiger partial charge is 0.306 e. The van der Waals surface area contributed by atoms with Crippen LogP contribution in [0.25, 0.3) is 6.20 Å². The molecule has 5 heteroatoms. The van der Waals surface area contributed by atoms with E-state index in [9.17, 15) is 8.78 Å². The monoisotopic (exact) mass is 263 g/mol. The maximum atomic E-state index is 13.1. The number of halogens is 2. The first-order valence-corrected chi connectivity index (χ1v) is 5.94. The summed E-state index contributed by atoms with van der Waals surface area (Å²) in [5, 5.41) is 7.28. The first kappa shape index (κ1) is 13.4. The first-order chi connectivity index (χ1) is 9.10. The number of aromatic nitrogens is 2. The van der Waals surface area contributed by atoms with Crippen molar-refractivity contribution in [2.75, 3.05) is 0 Å². The Bertz CT molecular complexity index is 578. The van der Waals surface area contributed by atoms with Gasteiger partial charge in [-0.3, -0.25) is 0 Å². The van der Waals surface area contributed by atoms with Crippen LogP contribution in [-0.4, -0.2) is 9.78 Å². The van der Waals surface area contributed by atoms with Gasteiger partial charge in [0.05, 0.1) is 6.20 Å². The number of nitrogens with zero attached hydrogens (tertiary/aromatic N) is 2. The minimum atomic E-state index is -0.830. The summed E-state index contributed by atoms with van der Waals surface area (Å²) in [6, 6.07) is 3.84. The summed E-state index contributed by atoms with van der Waals surface area (Å²) in [5.41, 5.74) is 1.70. The highest BCUT2D eigenvalue weighted by Crippen LogP contribution is 2.16. The van der Waals surface area contributed by atoms with Crippen LogP contribution in [0.15, 0.2) is 37.2 Å². The molecule has 19 heavy (non-hydrogen) atoms. The highest BCUT2D eigenvalue weighted by molar-refractivity contribution is 5.21. The molecule has 0 aliphatic rings. The van der Waals surface area contributed by atoms with E-state index in [0.717, 1.165) is 11.6 Å². The minimum Gasteiger partial charge on any atom is -0.306 e. The van der Waals surface area contributed by atoms with Gasteiger partial charge in [-0.2, -0.15) is 5.10 Å². The smallest absolute Gasteiger partial charge is 0.159 e. The van der Waals surface area contributed by atoms with Crippen LogP contribution in [0.5, 0.6) is 0 Å². The van der Waals surface area contributed by atoms with E-state index in [1.807, 2.05) is 13.1 Å². The summed E-state index contributed by atoms with van der Waals surface area (Å²) in [7, 11) is 0. The Morgan fingerprint density at radius 1 is 1.42 bits per heavy atom. The molecule has 0 radical (unpaired) electrons. The zero-order chi connectivity index (χ0) is 13.8. The second-order valence-electron chi connectivity index (χ2n) is 4.29. The van der Waals surface area contributed by atoms with Gasteiger partial charge in [0.15, 0.2) is 11.6 Å². The van der Waals surface area contributed by atoms with E-state index < -0.39 is 11.6 Å². The van der Waals surface area contributed by atoms with Gasteiger partial charge in [-0.1, -0.05) is 12.6 Å². The van der Waals surface area contributed by atoms with Crippen LogP contribution in [0.1, 0.15) is 24.1 Å². The molecule has 2 aromatic rings. The van der Waals surface area contributed by atoms with Crippen LogP contribution in [0.4, 0.5) is 8.78 Å². The quantitative estimate of drug-likeness (QED) is 0.898. The highest BCUT2D eigenvalue weighted by Gasteiger charge is 2.09. The molecule has 3 nitrogen and oxygen atoms in total. The molecule has 1 aromatic heterocycles. The summed E-state index contributed by atoms with van der Waals surface area (Å²) in [6.45, 7) is 6.09.